The number of hydrogen-bond acceptors (Lipinski definition) is 1. The van der Waals surface area contributed by atoms with Crippen LogP contribution in [0.5, 0.6) is 5.75 Å². The van der Waals surface area contributed by atoms with Crippen LogP contribution in [0.4, 0.5) is 0 Å². The monoisotopic (exact) mass is 386 g/mol. The number of benzene rings is 5. The van der Waals surface area contributed by atoms with Gasteiger partial charge >= 0.3 is 0 Å². The molecule has 0 radical (unpaired) electrons. The van der Waals surface area contributed by atoms with Crippen LogP contribution in [-0.2, 0) is 0 Å². The SMILES string of the molecule is Cc1cc2ccccc2c(-c2c(-c3ccccc3)cccc2-c2ccccc2)c1O. The third kappa shape index (κ3) is 3.05. The Hall–Kier alpha value is -3.84. The summed E-state index contributed by atoms with van der Waals surface area (Å²) in [5, 5.41) is 13.5. The van der Waals surface area contributed by atoms with Crippen LogP contribution in [0.15, 0.2) is 109 Å². The van der Waals surface area contributed by atoms with Crippen molar-refractivity contribution in [2.45, 2.75) is 6.92 Å². The van der Waals surface area contributed by atoms with Crippen LogP contribution in [-0.4, -0.2) is 5.11 Å². The minimum absolute atomic E-state index is 0.342. The van der Waals surface area contributed by atoms with Crippen molar-refractivity contribution in [2.75, 3.05) is 0 Å². The first-order valence-corrected chi connectivity index (χ1v) is 10.2. The lowest BCUT2D eigenvalue weighted by Gasteiger charge is -2.20. The van der Waals surface area contributed by atoms with E-state index >= 15 is 0 Å². The first kappa shape index (κ1) is 18.2. The molecule has 144 valence electrons. The maximum absolute atomic E-state index is 11.3. The van der Waals surface area contributed by atoms with Crippen molar-refractivity contribution < 1.29 is 5.11 Å². The van der Waals surface area contributed by atoms with Gasteiger partial charge in [-0.25, -0.2) is 0 Å². The van der Waals surface area contributed by atoms with Crippen molar-refractivity contribution in [1.82, 2.24) is 0 Å². The van der Waals surface area contributed by atoms with Gasteiger partial charge in [-0.3, -0.25) is 0 Å². The van der Waals surface area contributed by atoms with Crippen LogP contribution in [0, 0.1) is 6.92 Å². The zero-order valence-electron chi connectivity index (χ0n) is 16.8. The van der Waals surface area contributed by atoms with E-state index in [1.54, 1.807) is 0 Å². The summed E-state index contributed by atoms with van der Waals surface area (Å²) in [5.74, 6) is 0.342. The smallest absolute Gasteiger partial charge is 0.126 e. The third-order valence-corrected chi connectivity index (χ3v) is 5.70. The van der Waals surface area contributed by atoms with Gasteiger partial charge in [0.15, 0.2) is 0 Å². The summed E-state index contributed by atoms with van der Waals surface area (Å²) in [5.41, 5.74) is 7.33. The molecule has 1 nitrogen and oxygen atoms in total. The summed E-state index contributed by atoms with van der Waals surface area (Å²) in [4.78, 5) is 0. The lowest BCUT2D eigenvalue weighted by atomic mass is 9.84. The number of aromatic hydroxyl groups is 1. The Labute approximate surface area is 176 Å². The summed E-state index contributed by atoms with van der Waals surface area (Å²) in [6.45, 7) is 1.97. The molecular weight excluding hydrogens is 364 g/mol. The van der Waals surface area contributed by atoms with Gasteiger partial charge in [-0.2, -0.15) is 0 Å². The molecule has 0 spiro atoms. The summed E-state index contributed by atoms with van der Waals surface area (Å²) in [6.07, 6.45) is 0. The minimum Gasteiger partial charge on any atom is -0.507 e. The summed E-state index contributed by atoms with van der Waals surface area (Å²) >= 11 is 0. The van der Waals surface area contributed by atoms with E-state index in [1.807, 2.05) is 31.2 Å². The Morgan fingerprint density at radius 3 is 1.67 bits per heavy atom. The molecule has 0 aromatic heterocycles. The normalized spacial score (nSPS) is 11.0. The van der Waals surface area contributed by atoms with Crippen molar-refractivity contribution >= 4 is 10.8 Å². The average Bonchev–Trinajstić information content (AvgIpc) is 2.81. The molecule has 5 aromatic carbocycles. The van der Waals surface area contributed by atoms with E-state index in [0.29, 0.717) is 5.75 Å². The van der Waals surface area contributed by atoms with E-state index in [9.17, 15) is 5.11 Å². The van der Waals surface area contributed by atoms with E-state index in [2.05, 4.69) is 84.9 Å². The predicted octanol–water partition coefficient (Wildman–Crippen LogP) is 7.85. The van der Waals surface area contributed by atoms with Gasteiger partial charge in [-0.1, -0.05) is 103 Å². The highest BCUT2D eigenvalue weighted by Crippen LogP contribution is 2.47. The minimum atomic E-state index is 0.342. The number of phenolic OH excluding ortho intramolecular Hbond substituents is 1. The number of fused-ring (bicyclic) bond motifs is 1. The molecule has 0 aliphatic rings. The first-order valence-electron chi connectivity index (χ1n) is 10.2. The molecular formula is C29H22O. The van der Waals surface area contributed by atoms with Crippen molar-refractivity contribution in [1.29, 1.82) is 0 Å². The van der Waals surface area contributed by atoms with E-state index in [-0.39, 0.29) is 0 Å². The molecule has 30 heavy (non-hydrogen) atoms. The third-order valence-electron chi connectivity index (χ3n) is 5.70. The highest BCUT2D eigenvalue weighted by Gasteiger charge is 2.20. The van der Waals surface area contributed by atoms with Gasteiger partial charge in [0.25, 0.3) is 0 Å². The van der Waals surface area contributed by atoms with Crippen LogP contribution in [0.25, 0.3) is 44.2 Å². The van der Waals surface area contributed by atoms with E-state index in [4.69, 9.17) is 0 Å². The second-order valence-corrected chi connectivity index (χ2v) is 7.60. The van der Waals surface area contributed by atoms with Gasteiger partial charge in [0.1, 0.15) is 5.75 Å². The molecule has 0 fully saturated rings. The highest BCUT2D eigenvalue weighted by molar-refractivity contribution is 6.08. The van der Waals surface area contributed by atoms with Crippen molar-refractivity contribution in [3.05, 3.63) is 115 Å². The van der Waals surface area contributed by atoms with E-state index in [0.717, 1.165) is 49.7 Å². The number of hydrogen-bond donors (Lipinski definition) is 1. The molecule has 0 aliphatic carbocycles. The Balaban J connectivity index is 1.95. The lowest BCUT2D eigenvalue weighted by Crippen LogP contribution is -1.93. The van der Waals surface area contributed by atoms with Crippen molar-refractivity contribution in [3.8, 4) is 39.1 Å². The Morgan fingerprint density at radius 1 is 0.533 bits per heavy atom. The van der Waals surface area contributed by atoms with Crippen molar-refractivity contribution in [3.63, 3.8) is 0 Å². The largest absolute Gasteiger partial charge is 0.507 e. The fourth-order valence-corrected chi connectivity index (χ4v) is 4.27. The van der Waals surface area contributed by atoms with Crippen molar-refractivity contribution in [2.24, 2.45) is 0 Å². The fourth-order valence-electron chi connectivity index (χ4n) is 4.27. The standard InChI is InChI=1S/C29H22O/c1-20-19-23-15-8-9-16-26(23)28(29(20)30)27-24(21-11-4-2-5-12-21)17-10-18-25(27)22-13-6-3-7-14-22/h2-19,30H,1H3. The van der Waals surface area contributed by atoms with E-state index in [1.165, 1.54) is 0 Å². The molecule has 0 saturated carbocycles. The number of rotatable bonds is 3. The second-order valence-electron chi connectivity index (χ2n) is 7.60. The van der Waals surface area contributed by atoms with Gasteiger partial charge in [0, 0.05) is 11.1 Å². The van der Waals surface area contributed by atoms with Gasteiger partial charge in [-0.05, 0) is 51.6 Å². The summed E-state index contributed by atoms with van der Waals surface area (Å²) < 4.78 is 0. The molecule has 0 bridgehead atoms. The average molecular weight is 386 g/mol. The van der Waals surface area contributed by atoms with Crippen LogP contribution < -0.4 is 0 Å². The first-order chi connectivity index (χ1) is 14.7. The maximum Gasteiger partial charge on any atom is 0.126 e. The summed E-state index contributed by atoms with van der Waals surface area (Å²) in [6, 6.07) is 37.5. The predicted molar refractivity (Wildman–Crippen MR) is 127 cm³/mol. The van der Waals surface area contributed by atoms with Crippen LogP contribution in [0.3, 0.4) is 0 Å². The number of aryl methyl sites for hydroxylation is 1. The lowest BCUT2D eigenvalue weighted by molar-refractivity contribution is 0.474. The van der Waals surface area contributed by atoms with Gasteiger partial charge in [0.05, 0.1) is 0 Å². The summed E-state index contributed by atoms with van der Waals surface area (Å²) in [7, 11) is 0. The molecule has 0 aliphatic heterocycles. The Morgan fingerprint density at radius 2 is 1.07 bits per heavy atom. The zero-order chi connectivity index (χ0) is 20.5. The van der Waals surface area contributed by atoms with Crippen LogP contribution in [0.2, 0.25) is 0 Å². The molecule has 5 aromatic rings. The van der Waals surface area contributed by atoms with E-state index < -0.39 is 0 Å². The topological polar surface area (TPSA) is 20.2 Å². The Bertz CT molecular complexity index is 1280. The second kappa shape index (κ2) is 7.53. The molecule has 0 heterocycles. The molecule has 0 atom stereocenters. The molecule has 0 unspecified atom stereocenters. The molecule has 0 saturated heterocycles. The Kier molecular flexibility index (Phi) is 4.57. The molecule has 1 heteroatoms. The van der Waals surface area contributed by atoms with Gasteiger partial charge in [0.2, 0.25) is 0 Å². The van der Waals surface area contributed by atoms with Gasteiger partial charge < -0.3 is 5.11 Å². The molecule has 1 N–H and O–H groups in total. The van der Waals surface area contributed by atoms with Crippen LogP contribution >= 0.6 is 0 Å². The van der Waals surface area contributed by atoms with Gasteiger partial charge in [-0.15, -0.1) is 0 Å². The fraction of sp³-hybridized carbons (Fsp3) is 0.0345. The molecule has 0 amide bonds. The maximum atomic E-state index is 11.3. The number of phenols is 1. The van der Waals surface area contributed by atoms with Crippen LogP contribution in [0.1, 0.15) is 5.56 Å². The quantitative estimate of drug-likeness (QED) is 0.335. The highest BCUT2D eigenvalue weighted by atomic mass is 16.3. The molecule has 5 rings (SSSR count). The zero-order valence-corrected chi connectivity index (χ0v) is 16.8.